The van der Waals surface area contributed by atoms with Gasteiger partial charge in [0.2, 0.25) is 18.6 Å². The van der Waals surface area contributed by atoms with E-state index in [-0.39, 0.29) is 25.0 Å². The Labute approximate surface area is 184 Å². The van der Waals surface area contributed by atoms with Gasteiger partial charge in [0.25, 0.3) is 0 Å². The highest BCUT2D eigenvalue weighted by molar-refractivity contribution is 8.15. The predicted octanol–water partition coefficient (Wildman–Crippen LogP) is 3.79. The van der Waals surface area contributed by atoms with Crippen LogP contribution < -0.4 is 19.5 Å². The Morgan fingerprint density at radius 3 is 2.71 bits per heavy atom. The van der Waals surface area contributed by atoms with Crippen molar-refractivity contribution in [3.63, 3.8) is 0 Å². The fraction of sp³-hybridized carbons (Fsp3) is 0.318. The van der Waals surface area contributed by atoms with Crippen molar-refractivity contribution in [1.82, 2.24) is 4.90 Å². The number of aliphatic imine (C=N–C) groups is 1. The van der Waals surface area contributed by atoms with Crippen molar-refractivity contribution in [1.29, 1.82) is 0 Å². The largest absolute Gasteiger partial charge is 0.494 e. The molecule has 1 saturated heterocycles. The molecule has 0 radical (unpaired) electrons. The van der Waals surface area contributed by atoms with E-state index >= 15 is 0 Å². The quantitative estimate of drug-likeness (QED) is 0.734. The van der Waals surface area contributed by atoms with Gasteiger partial charge in [-0.15, -0.1) is 0 Å². The molecule has 4 rings (SSSR count). The maximum atomic E-state index is 12.8. The molecule has 0 aliphatic carbocycles. The van der Waals surface area contributed by atoms with E-state index in [0.717, 1.165) is 5.75 Å². The van der Waals surface area contributed by atoms with E-state index in [1.807, 2.05) is 13.8 Å². The van der Waals surface area contributed by atoms with Crippen molar-refractivity contribution in [3.8, 4) is 17.2 Å². The molecule has 2 aromatic rings. The lowest BCUT2D eigenvalue weighted by Gasteiger charge is -2.30. The molecule has 162 valence electrons. The summed E-state index contributed by atoms with van der Waals surface area (Å²) in [6.07, 6.45) is 0.113. The van der Waals surface area contributed by atoms with E-state index in [1.165, 1.54) is 11.8 Å². The third-order valence-electron chi connectivity index (χ3n) is 4.76. The van der Waals surface area contributed by atoms with Crippen molar-refractivity contribution >= 4 is 40.1 Å². The Balaban J connectivity index is 1.50. The molecule has 8 nitrogen and oxygen atoms in total. The van der Waals surface area contributed by atoms with Gasteiger partial charge in [-0.1, -0.05) is 11.8 Å². The van der Waals surface area contributed by atoms with E-state index < -0.39 is 5.25 Å². The average Bonchev–Trinajstić information content (AvgIpc) is 3.23. The number of ether oxygens (including phenoxy) is 3. The average molecular weight is 442 g/mol. The second kappa shape index (κ2) is 9.30. The number of fused-ring (bicyclic) bond motifs is 1. The van der Waals surface area contributed by atoms with Gasteiger partial charge in [-0.25, -0.2) is 4.99 Å². The molecule has 2 aliphatic heterocycles. The molecular formula is C22H23N3O5S. The van der Waals surface area contributed by atoms with Crippen LogP contribution >= 0.6 is 11.8 Å². The zero-order valence-corrected chi connectivity index (χ0v) is 18.1. The van der Waals surface area contributed by atoms with Gasteiger partial charge >= 0.3 is 0 Å². The minimum absolute atomic E-state index is 0.113. The molecule has 31 heavy (non-hydrogen) atoms. The molecule has 2 aromatic carbocycles. The van der Waals surface area contributed by atoms with Crippen molar-refractivity contribution < 1.29 is 23.8 Å². The first-order valence-corrected chi connectivity index (χ1v) is 10.9. The minimum Gasteiger partial charge on any atom is -0.494 e. The second-order valence-corrected chi connectivity index (χ2v) is 8.00. The number of amides is 2. The van der Waals surface area contributed by atoms with E-state index in [9.17, 15) is 9.59 Å². The summed E-state index contributed by atoms with van der Waals surface area (Å²) in [6.45, 7) is 5.02. The molecule has 2 amide bonds. The summed E-state index contributed by atoms with van der Waals surface area (Å²) in [5.74, 6) is 1.64. The third kappa shape index (κ3) is 4.77. The maximum absolute atomic E-state index is 12.8. The number of carbonyl (C=O) groups is 2. The van der Waals surface area contributed by atoms with Gasteiger partial charge in [-0.3, -0.25) is 14.5 Å². The number of nitrogens with one attached hydrogen (secondary N) is 1. The fourth-order valence-corrected chi connectivity index (χ4v) is 4.40. The predicted molar refractivity (Wildman–Crippen MR) is 119 cm³/mol. The van der Waals surface area contributed by atoms with Gasteiger partial charge in [0.15, 0.2) is 16.7 Å². The number of anilines is 1. The molecule has 0 bridgehead atoms. The van der Waals surface area contributed by atoms with Crippen LogP contribution in [-0.2, 0) is 9.59 Å². The minimum atomic E-state index is -0.574. The van der Waals surface area contributed by atoms with Gasteiger partial charge < -0.3 is 19.5 Å². The van der Waals surface area contributed by atoms with Crippen LogP contribution in [0.2, 0.25) is 0 Å². The Morgan fingerprint density at radius 1 is 1.19 bits per heavy atom. The van der Waals surface area contributed by atoms with E-state index in [0.29, 0.717) is 41.2 Å². The smallest absolute Gasteiger partial charge is 0.238 e. The number of amidine groups is 1. The Hall–Kier alpha value is -3.20. The van der Waals surface area contributed by atoms with Gasteiger partial charge in [0.1, 0.15) is 11.0 Å². The molecule has 2 heterocycles. The number of hydrogen-bond donors (Lipinski definition) is 1. The molecular weight excluding hydrogens is 418 g/mol. The molecule has 2 aliphatic rings. The van der Waals surface area contributed by atoms with Gasteiger partial charge in [-0.05, 0) is 50.2 Å². The summed E-state index contributed by atoms with van der Waals surface area (Å²) in [5, 5.41) is 2.79. The molecule has 0 spiro atoms. The first-order chi connectivity index (χ1) is 15.1. The lowest BCUT2D eigenvalue weighted by atomic mass is 10.2. The van der Waals surface area contributed by atoms with Crippen LogP contribution in [0.25, 0.3) is 0 Å². The molecule has 1 atom stereocenters. The summed E-state index contributed by atoms with van der Waals surface area (Å²) in [6, 6.07) is 12.5. The van der Waals surface area contributed by atoms with Gasteiger partial charge in [0, 0.05) is 24.7 Å². The third-order valence-corrected chi connectivity index (χ3v) is 5.95. The lowest BCUT2D eigenvalue weighted by Crippen LogP contribution is -2.45. The zero-order chi connectivity index (χ0) is 21.8. The van der Waals surface area contributed by atoms with Crippen molar-refractivity contribution in [3.05, 3.63) is 42.5 Å². The van der Waals surface area contributed by atoms with E-state index in [4.69, 9.17) is 14.2 Å². The van der Waals surface area contributed by atoms with Crippen LogP contribution in [0.1, 0.15) is 20.3 Å². The second-order valence-electron chi connectivity index (χ2n) is 6.83. The topological polar surface area (TPSA) is 89.5 Å². The summed E-state index contributed by atoms with van der Waals surface area (Å²) < 4.78 is 16.1. The zero-order valence-electron chi connectivity index (χ0n) is 17.3. The maximum Gasteiger partial charge on any atom is 0.238 e. The number of carbonyl (C=O) groups excluding carboxylic acids is 2. The van der Waals surface area contributed by atoms with Crippen LogP contribution in [0.3, 0.4) is 0 Å². The van der Waals surface area contributed by atoms with Gasteiger partial charge in [-0.2, -0.15) is 0 Å². The number of rotatable bonds is 6. The number of nitrogens with zero attached hydrogens (tertiary/aromatic N) is 2. The summed E-state index contributed by atoms with van der Waals surface area (Å²) in [4.78, 5) is 31.7. The molecule has 1 N–H and O–H groups in total. The fourth-order valence-electron chi connectivity index (χ4n) is 3.24. The van der Waals surface area contributed by atoms with Crippen molar-refractivity contribution in [2.75, 3.05) is 25.3 Å². The van der Waals surface area contributed by atoms with Crippen LogP contribution in [-0.4, -0.2) is 47.1 Å². The molecule has 9 heteroatoms. The van der Waals surface area contributed by atoms with Gasteiger partial charge in [0.05, 0.1) is 12.3 Å². The van der Waals surface area contributed by atoms with Crippen molar-refractivity contribution in [2.24, 2.45) is 4.99 Å². The lowest BCUT2D eigenvalue weighted by molar-refractivity contribution is -0.129. The Kier molecular flexibility index (Phi) is 6.31. The van der Waals surface area contributed by atoms with Crippen LogP contribution in [0, 0.1) is 0 Å². The highest BCUT2D eigenvalue weighted by Crippen LogP contribution is 2.37. The summed E-state index contributed by atoms with van der Waals surface area (Å²) in [7, 11) is 0. The van der Waals surface area contributed by atoms with Crippen LogP contribution in [0.15, 0.2) is 47.5 Å². The standard InChI is InChI=1S/C22H23N3O5S/c1-3-25-20(26)12-19(21(27)23-14-5-8-16(9-6-14)28-4-2)31-22(25)24-15-7-10-17-18(11-15)30-13-29-17/h5-11,19H,3-4,12-13H2,1-2H3,(H,23,27). The van der Waals surface area contributed by atoms with E-state index in [1.54, 1.807) is 47.4 Å². The number of thioether (sulfide) groups is 1. The molecule has 1 fully saturated rings. The highest BCUT2D eigenvalue weighted by Gasteiger charge is 2.35. The van der Waals surface area contributed by atoms with E-state index in [2.05, 4.69) is 10.3 Å². The Morgan fingerprint density at radius 2 is 1.97 bits per heavy atom. The highest BCUT2D eigenvalue weighted by atomic mass is 32.2. The first kappa shape index (κ1) is 21.0. The van der Waals surface area contributed by atoms with Crippen LogP contribution in [0.5, 0.6) is 17.2 Å². The normalized spacial score (nSPS) is 18.9. The molecule has 0 saturated carbocycles. The number of hydrogen-bond acceptors (Lipinski definition) is 7. The monoisotopic (exact) mass is 441 g/mol. The molecule has 1 unspecified atom stereocenters. The number of benzene rings is 2. The summed E-state index contributed by atoms with van der Waals surface area (Å²) in [5.41, 5.74) is 1.28. The first-order valence-electron chi connectivity index (χ1n) is 10.1. The van der Waals surface area contributed by atoms with Crippen LogP contribution in [0.4, 0.5) is 11.4 Å². The summed E-state index contributed by atoms with van der Waals surface area (Å²) >= 11 is 1.28. The molecule has 0 aromatic heterocycles. The SMILES string of the molecule is CCOc1ccc(NC(=O)C2CC(=O)N(CC)C(=Nc3ccc4c(c3)OCO4)S2)cc1. The van der Waals surface area contributed by atoms with Crippen molar-refractivity contribution in [2.45, 2.75) is 25.5 Å². The Bertz CT molecular complexity index is 1010.